The molecule has 2 aromatic rings. The van der Waals surface area contributed by atoms with Crippen LogP contribution in [0, 0.1) is 41.8 Å². The Bertz CT molecular complexity index is 1490. The van der Waals surface area contributed by atoms with Crippen LogP contribution in [0.1, 0.15) is 36.8 Å². The molecule has 0 unspecified atom stereocenters. The van der Waals surface area contributed by atoms with Gasteiger partial charge in [-0.2, -0.15) is 0 Å². The molecule has 4 aliphatic rings. The van der Waals surface area contributed by atoms with Crippen LogP contribution in [-0.4, -0.2) is 40.7 Å². The van der Waals surface area contributed by atoms with E-state index in [1.54, 1.807) is 32.0 Å². The van der Waals surface area contributed by atoms with Gasteiger partial charge in [-0.25, -0.2) is 9.29 Å². The van der Waals surface area contributed by atoms with Crippen molar-refractivity contribution in [1.82, 2.24) is 4.90 Å². The molecule has 1 saturated carbocycles. The van der Waals surface area contributed by atoms with Crippen LogP contribution in [-0.2, 0) is 19.2 Å². The molecule has 2 aliphatic heterocycles. The Hall–Kier alpha value is -3.52. The maximum absolute atomic E-state index is 14.2. The van der Waals surface area contributed by atoms with Crippen LogP contribution in [0.3, 0.4) is 0 Å². The normalized spacial score (nSPS) is 32.3. The molecule has 0 aromatic heterocycles. The zero-order valence-electron chi connectivity index (χ0n) is 21.1. The molecule has 6 atom stereocenters. The van der Waals surface area contributed by atoms with Crippen LogP contribution in [0.25, 0.3) is 0 Å². The van der Waals surface area contributed by atoms with Gasteiger partial charge in [0.25, 0.3) is 0 Å². The van der Waals surface area contributed by atoms with Gasteiger partial charge in [0.05, 0.1) is 33.9 Å². The number of anilines is 1. The Labute approximate surface area is 223 Å². The third-order valence-corrected chi connectivity index (χ3v) is 9.53. The Morgan fingerprint density at radius 2 is 1.79 bits per heavy atom. The van der Waals surface area contributed by atoms with Gasteiger partial charge in [-0.15, -0.1) is 0 Å². The number of amides is 4. The number of carbonyl (C=O) groups is 4. The molecular weight excluding hydrogens is 511 g/mol. The first-order valence-electron chi connectivity index (χ1n) is 12.6. The fourth-order valence-electron chi connectivity index (χ4n) is 7.30. The van der Waals surface area contributed by atoms with Gasteiger partial charge >= 0.3 is 0 Å². The minimum atomic E-state index is -1.30. The lowest BCUT2D eigenvalue weighted by Gasteiger charge is -2.49. The molecule has 1 N–H and O–H groups in total. The summed E-state index contributed by atoms with van der Waals surface area (Å²) in [6.07, 6.45) is 2.48. The van der Waals surface area contributed by atoms with Gasteiger partial charge in [-0.05, 0) is 56.4 Å². The fourth-order valence-corrected chi connectivity index (χ4v) is 7.48. The SMILES string of the molecule is Cc1cccc([C@H]2C3=CC[C@@H]4C(=O)N(C)C(=O)[C@@H]4[C@@H]3C[C@H]3C(=O)N(c4ccc(F)c(Cl)c4)C(=O)[C@@]23C)c1O. The molecule has 7 nitrogen and oxygen atoms in total. The number of nitrogens with zero attached hydrogens (tertiary/aromatic N) is 2. The lowest BCUT2D eigenvalue weighted by atomic mass is 9.51. The summed E-state index contributed by atoms with van der Waals surface area (Å²) in [5, 5.41) is 11.0. The van der Waals surface area contributed by atoms with E-state index in [1.807, 2.05) is 6.08 Å². The van der Waals surface area contributed by atoms with E-state index in [-0.39, 0.29) is 34.7 Å². The largest absolute Gasteiger partial charge is 0.507 e. The van der Waals surface area contributed by atoms with E-state index in [0.717, 1.165) is 21.4 Å². The van der Waals surface area contributed by atoms with Crippen molar-refractivity contribution in [2.24, 2.45) is 29.1 Å². The van der Waals surface area contributed by atoms with E-state index in [9.17, 15) is 28.7 Å². The Morgan fingerprint density at radius 3 is 2.50 bits per heavy atom. The predicted molar refractivity (Wildman–Crippen MR) is 137 cm³/mol. The molecule has 2 aromatic carbocycles. The maximum atomic E-state index is 14.2. The van der Waals surface area contributed by atoms with Gasteiger partial charge in [0.2, 0.25) is 23.6 Å². The van der Waals surface area contributed by atoms with E-state index in [2.05, 4.69) is 0 Å². The molecule has 38 heavy (non-hydrogen) atoms. The lowest BCUT2D eigenvalue weighted by molar-refractivity contribution is -0.138. The highest BCUT2D eigenvalue weighted by Crippen LogP contribution is 2.64. The zero-order chi connectivity index (χ0) is 27.3. The first kappa shape index (κ1) is 24.8. The minimum Gasteiger partial charge on any atom is -0.507 e. The van der Waals surface area contributed by atoms with Crippen molar-refractivity contribution in [3.63, 3.8) is 0 Å². The Morgan fingerprint density at radius 1 is 1.05 bits per heavy atom. The Balaban J connectivity index is 1.56. The topological polar surface area (TPSA) is 95.0 Å². The van der Waals surface area contributed by atoms with E-state index >= 15 is 0 Å². The number of halogens is 2. The van der Waals surface area contributed by atoms with Gasteiger partial charge in [0, 0.05) is 18.5 Å². The predicted octanol–water partition coefficient (Wildman–Crippen LogP) is 4.35. The van der Waals surface area contributed by atoms with Crippen molar-refractivity contribution < 1.29 is 28.7 Å². The van der Waals surface area contributed by atoms with Crippen LogP contribution < -0.4 is 4.90 Å². The number of aryl methyl sites for hydroxylation is 1. The monoisotopic (exact) mass is 536 g/mol. The highest BCUT2D eigenvalue weighted by molar-refractivity contribution is 6.31. The van der Waals surface area contributed by atoms with Crippen molar-refractivity contribution in [2.75, 3.05) is 11.9 Å². The number of phenolic OH excluding ortho intramolecular Hbond substituents is 1. The van der Waals surface area contributed by atoms with Crippen molar-refractivity contribution >= 4 is 40.9 Å². The second-order valence-corrected chi connectivity index (χ2v) is 11.4. The first-order chi connectivity index (χ1) is 18.0. The standard InChI is InChI=1S/C29H26ClFN2O5/c1-13-5-4-6-17(24(13)34)23-15-8-9-16-22(27(37)32(3)25(16)35)18(15)12-19-26(36)33(28(38)29(19,23)2)14-7-10-21(31)20(30)11-14/h4-8,10-11,16,18-19,22-23,34H,9,12H2,1-3H3/t16-,18+,19-,22-,23+,29+/m0/s1. The van der Waals surface area contributed by atoms with Crippen molar-refractivity contribution in [1.29, 1.82) is 0 Å². The summed E-state index contributed by atoms with van der Waals surface area (Å²) < 4.78 is 13.9. The van der Waals surface area contributed by atoms with Gasteiger partial charge in [-0.1, -0.05) is 41.4 Å². The molecule has 196 valence electrons. The summed E-state index contributed by atoms with van der Waals surface area (Å²) in [4.78, 5) is 56.5. The van der Waals surface area contributed by atoms with E-state index < -0.39 is 52.6 Å². The summed E-state index contributed by atoms with van der Waals surface area (Å²) in [5.41, 5.74) is 0.774. The van der Waals surface area contributed by atoms with Gasteiger partial charge in [0.1, 0.15) is 11.6 Å². The summed E-state index contributed by atoms with van der Waals surface area (Å²) in [6.45, 7) is 3.49. The molecule has 0 spiro atoms. The highest BCUT2D eigenvalue weighted by atomic mass is 35.5. The first-order valence-corrected chi connectivity index (χ1v) is 13.0. The summed E-state index contributed by atoms with van der Waals surface area (Å²) in [5.74, 6) is -5.27. The molecule has 4 amide bonds. The molecule has 0 radical (unpaired) electrons. The molecule has 3 fully saturated rings. The van der Waals surface area contributed by atoms with Crippen LogP contribution in [0.2, 0.25) is 5.02 Å². The van der Waals surface area contributed by atoms with Crippen molar-refractivity contribution in [2.45, 2.75) is 32.6 Å². The van der Waals surface area contributed by atoms with Gasteiger partial charge in [-0.3, -0.25) is 24.1 Å². The average Bonchev–Trinajstić information content (AvgIpc) is 3.23. The third kappa shape index (κ3) is 3.06. The van der Waals surface area contributed by atoms with E-state index in [4.69, 9.17) is 11.6 Å². The number of benzene rings is 2. The number of carbonyl (C=O) groups excluding carboxylic acids is 4. The molecule has 2 aliphatic carbocycles. The number of imide groups is 2. The molecule has 9 heteroatoms. The summed E-state index contributed by atoms with van der Waals surface area (Å²) >= 11 is 6.00. The number of hydrogen-bond acceptors (Lipinski definition) is 5. The highest BCUT2D eigenvalue weighted by Gasteiger charge is 2.67. The van der Waals surface area contributed by atoms with Gasteiger partial charge < -0.3 is 5.11 Å². The number of para-hydroxylation sites is 1. The van der Waals surface area contributed by atoms with E-state index in [0.29, 0.717) is 17.5 Å². The average molecular weight is 537 g/mol. The quantitative estimate of drug-likeness (QED) is 0.455. The number of likely N-dealkylation sites (tertiary alicyclic amines) is 1. The molecule has 6 rings (SSSR count). The number of fused-ring (bicyclic) bond motifs is 4. The molecule has 0 bridgehead atoms. The lowest BCUT2D eigenvalue weighted by Crippen LogP contribution is -2.48. The molecule has 2 saturated heterocycles. The van der Waals surface area contributed by atoms with Crippen LogP contribution >= 0.6 is 11.6 Å². The smallest absolute Gasteiger partial charge is 0.241 e. The van der Waals surface area contributed by atoms with Crippen molar-refractivity contribution in [3.05, 3.63) is 70.0 Å². The number of allylic oxidation sites excluding steroid dienone is 2. The number of aromatic hydroxyl groups is 1. The minimum absolute atomic E-state index is 0.0237. The second kappa shape index (κ2) is 8.24. The van der Waals surface area contributed by atoms with Crippen molar-refractivity contribution in [3.8, 4) is 5.75 Å². The molecule has 2 heterocycles. The fraction of sp³-hybridized carbons (Fsp3) is 0.379. The van der Waals surface area contributed by atoms with Crippen LogP contribution in [0.4, 0.5) is 10.1 Å². The van der Waals surface area contributed by atoms with Crippen LogP contribution in [0.15, 0.2) is 48.0 Å². The maximum Gasteiger partial charge on any atom is 0.241 e. The number of phenols is 1. The van der Waals surface area contributed by atoms with E-state index in [1.165, 1.54) is 19.2 Å². The summed E-state index contributed by atoms with van der Waals surface area (Å²) in [7, 11) is 1.48. The molecular formula is C29H26ClFN2O5. The number of rotatable bonds is 2. The number of hydrogen-bond donors (Lipinski definition) is 1. The zero-order valence-corrected chi connectivity index (χ0v) is 21.8. The summed E-state index contributed by atoms with van der Waals surface area (Å²) in [6, 6.07) is 8.99. The van der Waals surface area contributed by atoms with Crippen LogP contribution in [0.5, 0.6) is 5.75 Å². The Kier molecular flexibility index (Phi) is 5.38. The third-order valence-electron chi connectivity index (χ3n) is 9.24. The van der Waals surface area contributed by atoms with Gasteiger partial charge in [0.15, 0.2) is 0 Å². The second-order valence-electron chi connectivity index (χ2n) is 11.0.